The summed E-state index contributed by atoms with van der Waals surface area (Å²) >= 11 is 0. The van der Waals surface area contributed by atoms with E-state index in [1.807, 2.05) is 45.0 Å². The highest BCUT2D eigenvalue weighted by molar-refractivity contribution is 6.07. The number of rotatable bonds is 11. The number of piperidine rings is 1. The van der Waals surface area contributed by atoms with Gasteiger partial charge in [-0.05, 0) is 57.6 Å². The topological polar surface area (TPSA) is 117 Å². The van der Waals surface area contributed by atoms with Crippen LogP contribution in [0.15, 0.2) is 29.3 Å². The minimum atomic E-state index is -0.969. The number of hydrogen-bond donors (Lipinski definition) is 2. The fraction of sp³-hybridized carbons (Fsp3) is 0.667. The Balaban J connectivity index is 1.71. The Morgan fingerprint density at radius 1 is 1.13 bits per heavy atom. The van der Waals surface area contributed by atoms with Crippen molar-refractivity contribution in [3.63, 3.8) is 0 Å². The van der Waals surface area contributed by atoms with Crippen LogP contribution in [0.2, 0.25) is 0 Å². The van der Waals surface area contributed by atoms with E-state index in [2.05, 4.69) is 19.2 Å². The highest BCUT2D eigenvalue weighted by atomic mass is 16.6. The van der Waals surface area contributed by atoms with Crippen molar-refractivity contribution in [3.8, 4) is 0 Å². The molecule has 39 heavy (non-hydrogen) atoms. The van der Waals surface area contributed by atoms with Crippen LogP contribution < -0.4 is 11.1 Å². The maximum absolute atomic E-state index is 14.0. The van der Waals surface area contributed by atoms with E-state index < -0.39 is 11.1 Å². The van der Waals surface area contributed by atoms with Gasteiger partial charge in [-0.25, -0.2) is 9.79 Å². The van der Waals surface area contributed by atoms with Gasteiger partial charge in [-0.2, -0.15) is 0 Å². The lowest BCUT2D eigenvalue weighted by Gasteiger charge is -2.41. The van der Waals surface area contributed by atoms with Gasteiger partial charge in [-0.15, -0.1) is 0 Å². The van der Waals surface area contributed by atoms with Crippen molar-refractivity contribution in [2.75, 3.05) is 13.1 Å². The number of benzene rings is 1. The third-order valence-electron chi connectivity index (χ3n) is 7.48. The van der Waals surface area contributed by atoms with Crippen molar-refractivity contribution in [2.45, 2.75) is 110 Å². The SMILES string of the molecule is CCCCC(=O)NCc1ccc(CN2C(=O)C(CCCC)(C3CCCN(C(=O)OC(C)(C)C)C3)N=C2N)cc1. The van der Waals surface area contributed by atoms with Gasteiger partial charge in [-0.1, -0.05) is 57.4 Å². The van der Waals surface area contributed by atoms with E-state index in [4.69, 9.17) is 15.5 Å². The molecule has 0 spiro atoms. The van der Waals surface area contributed by atoms with Gasteiger partial charge in [0.1, 0.15) is 11.1 Å². The lowest BCUT2D eigenvalue weighted by molar-refractivity contribution is -0.134. The molecule has 2 unspecified atom stereocenters. The first-order valence-corrected chi connectivity index (χ1v) is 14.5. The lowest BCUT2D eigenvalue weighted by atomic mass is 9.75. The normalized spacial score (nSPS) is 21.6. The molecule has 2 heterocycles. The Morgan fingerprint density at radius 3 is 2.44 bits per heavy atom. The smallest absolute Gasteiger partial charge is 0.410 e. The van der Waals surface area contributed by atoms with Crippen LogP contribution in [0.4, 0.5) is 4.79 Å². The number of hydrogen-bond acceptors (Lipinski definition) is 6. The van der Waals surface area contributed by atoms with Gasteiger partial charge >= 0.3 is 6.09 Å². The lowest BCUT2D eigenvalue weighted by Crippen LogP contribution is -2.54. The molecule has 3 amide bonds. The minimum Gasteiger partial charge on any atom is -0.444 e. The Morgan fingerprint density at radius 2 is 1.79 bits per heavy atom. The number of carbonyl (C=O) groups excluding carboxylic acids is 3. The van der Waals surface area contributed by atoms with E-state index >= 15 is 0 Å². The van der Waals surface area contributed by atoms with Crippen molar-refractivity contribution >= 4 is 23.9 Å². The summed E-state index contributed by atoms with van der Waals surface area (Å²) in [5.74, 6) is 0.0820. The van der Waals surface area contributed by atoms with Gasteiger partial charge in [0.05, 0.1) is 6.54 Å². The van der Waals surface area contributed by atoms with E-state index in [1.54, 1.807) is 9.80 Å². The number of unbranched alkanes of at least 4 members (excludes halogenated alkanes) is 2. The fourth-order valence-electron chi connectivity index (χ4n) is 5.31. The van der Waals surface area contributed by atoms with Crippen molar-refractivity contribution in [2.24, 2.45) is 16.6 Å². The number of nitrogens with zero attached hydrogens (tertiary/aromatic N) is 3. The van der Waals surface area contributed by atoms with Crippen LogP contribution in [-0.4, -0.2) is 57.9 Å². The molecule has 0 bridgehead atoms. The molecule has 0 aliphatic carbocycles. The molecule has 2 atom stereocenters. The van der Waals surface area contributed by atoms with Gasteiger partial charge in [0, 0.05) is 32.0 Å². The van der Waals surface area contributed by atoms with Crippen LogP contribution in [0.5, 0.6) is 0 Å². The molecule has 1 aromatic carbocycles. The summed E-state index contributed by atoms with van der Waals surface area (Å²) in [6.45, 7) is 11.6. The first kappa shape index (κ1) is 30.4. The third-order valence-corrected chi connectivity index (χ3v) is 7.48. The monoisotopic (exact) mass is 541 g/mol. The molecule has 1 fully saturated rings. The quantitative estimate of drug-likeness (QED) is 0.420. The summed E-state index contributed by atoms with van der Waals surface area (Å²) in [7, 11) is 0. The summed E-state index contributed by atoms with van der Waals surface area (Å²) < 4.78 is 5.62. The van der Waals surface area contributed by atoms with Gasteiger partial charge < -0.3 is 20.7 Å². The minimum absolute atomic E-state index is 0.0592. The number of aliphatic imine (C=N–C) groups is 1. The Labute approximate surface area is 233 Å². The van der Waals surface area contributed by atoms with Gasteiger partial charge in [0.2, 0.25) is 5.91 Å². The second-order valence-electron chi connectivity index (χ2n) is 11.9. The summed E-state index contributed by atoms with van der Waals surface area (Å²) in [5.41, 5.74) is 6.79. The summed E-state index contributed by atoms with van der Waals surface area (Å²) in [6, 6.07) is 7.86. The summed E-state index contributed by atoms with van der Waals surface area (Å²) in [6.07, 6.45) is 6.04. The first-order valence-electron chi connectivity index (χ1n) is 14.5. The molecule has 0 saturated carbocycles. The van der Waals surface area contributed by atoms with E-state index in [0.717, 1.165) is 49.7 Å². The molecule has 3 N–H and O–H groups in total. The molecular formula is C30H47N5O4. The molecule has 0 aromatic heterocycles. The molecule has 9 heteroatoms. The number of nitrogens with one attached hydrogen (secondary N) is 1. The number of guanidine groups is 1. The van der Waals surface area contributed by atoms with E-state index in [9.17, 15) is 14.4 Å². The summed E-state index contributed by atoms with van der Waals surface area (Å²) in [4.78, 5) is 46.9. The van der Waals surface area contributed by atoms with Crippen LogP contribution in [0.3, 0.4) is 0 Å². The van der Waals surface area contributed by atoms with Crippen LogP contribution in [0.1, 0.15) is 97.1 Å². The van der Waals surface area contributed by atoms with Crippen LogP contribution >= 0.6 is 0 Å². The molecule has 1 aromatic rings. The van der Waals surface area contributed by atoms with Crippen molar-refractivity contribution in [1.82, 2.24) is 15.1 Å². The van der Waals surface area contributed by atoms with E-state index in [1.165, 1.54) is 0 Å². The number of amides is 3. The van der Waals surface area contributed by atoms with Crippen molar-refractivity contribution in [3.05, 3.63) is 35.4 Å². The van der Waals surface area contributed by atoms with E-state index in [0.29, 0.717) is 39.0 Å². The molecular weight excluding hydrogens is 494 g/mol. The molecule has 2 aliphatic rings. The van der Waals surface area contributed by atoms with Crippen molar-refractivity contribution < 1.29 is 19.1 Å². The molecule has 0 radical (unpaired) electrons. The number of nitrogens with two attached hydrogens (primary N) is 1. The first-order chi connectivity index (χ1) is 18.5. The highest BCUT2D eigenvalue weighted by Gasteiger charge is 2.53. The Hall–Kier alpha value is -3.10. The van der Waals surface area contributed by atoms with Gasteiger partial charge in [0.25, 0.3) is 5.91 Å². The van der Waals surface area contributed by atoms with Gasteiger partial charge in [0.15, 0.2) is 5.96 Å². The largest absolute Gasteiger partial charge is 0.444 e. The zero-order valence-corrected chi connectivity index (χ0v) is 24.4. The number of ether oxygens (including phenoxy) is 1. The molecule has 9 nitrogen and oxygen atoms in total. The highest BCUT2D eigenvalue weighted by Crippen LogP contribution is 2.40. The average molecular weight is 542 g/mol. The average Bonchev–Trinajstić information content (AvgIpc) is 3.14. The third kappa shape index (κ3) is 7.96. The molecule has 3 rings (SSSR count). The maximum atomic E-state index is 14.0. The predicted molar refractivity (Wildman–Crippen MR) is 153 cm³/mol. The summed E-state index contributed by atoms with van der Waals surface area (Å²) in [5, 5.41) is 2.95. The zero-order chi connectivity index (χ0) is 28.6. The Kier molecular flexibility index (Phi) is 10.4. The molecule has 2 aliphatic heterocycles. The second kappa shape index (κ2) is 13.3. The number of carbonyl (C=O) groups is 3. The van der Waals surface area contributed by atoms with Crippen molar-refractivity contribution in [1.29, 1.82) is 0 Å². The fourth-order valence-corrected chi connectivity index (χ4v) is 5.31. The number of likely N-dealkylation sites (tertiary alicyclic amines) is 1. The maximum Gasteiger partial charge on any atom is 0.410 e. The molecule has 1 saturated heterocycles. The molecule has 216 valence electrons. The Bertz CT molecular complexity index is 1030. The standard InChI is InChI=1S/C30H47N5O4/c1-6-8-12-25(36)32-19-22-13-15-23(16-14-22)20-35-26(37)30(17-9-7-2,33-27(35)31)24-11-10-18-34(21-24)28(38)39-29(3,4)5/h13-16,24H,6-12,17-21H2,1-5H3,(H2,31,33)(H,32,36). The second-order valence-corrected chi connectivity index (χ2v) is 11.9. The van der Waals surface area contributed by atoms with E-state index in [-0.39, 0.29) is 29.8 Å². The predicted octanol–water partition coefficient (Wildman–Crippen LogP) is 4.73. The zero-order valence-electron chi connectivity index (χ0n) is 24.4. The van der Waals surface area contributed by atoms with Crippen LogP contribution in [-0.2, 0) is 27.4 Å². The van der Waals surface area contributed by atoms with Crippen LogP contribution in [0.25, 0.3) is 0 Å². The van der Waals surface area contributed by atoms with Gasteiger partial charge in [-0.3, -0.25) is 14.5 Å². The van der Waals surface area contributed by atoms with Crippen LogP contribution in [0, 0.1) is 5.92 Å².